The molecule has 0 saturated carbocycles. The summed E-state index contributed by atoms with van der Waals surface area (Å²) in [6.45, 7) is 1.58. The van der Waals surface area contributed by atoms with Crippen molar-refractivity contribution in [2.45, 2.75) is 12.3 Å². The van der Waals surface area contributed by atoms with Crippen molar-refractivity contribution >= 4 is 28.0 Å². The molecule has 5 heteroatoms. The molecule has 0 aliphatic rings. The zero-order valence-electron chi connectivity index (χ0n) is 7.03. The Morgan fingerprint density at radius 1 is 1.31 bits per heavy atom. The van der Waals surface area contributed by atoms with Crippen molar-refractivity contribution in [2.24, 2.45) is 0 Å². The minimum atomic E-state index is -2.44. The molecule has 0 aliphatic carbocycles. The number of thiol groups is 1. The molecule has 72 valence electrons. The van der Waals surface area contributed by atoms with Gasteiger partial charge in [0.25, 0.3) is 0 Å². The van der Waals surface area contributed by atoms with E-state index in [0.717, 1.165) is 5.69 Å². The van der Waals surface area contributed by atoms with Crippen molar-refractivity contribution in [2.75, 3.05) is 5.32 Å². The Morgan fingerprint density at radius 3 is 2.31 bits per heavy atom. The van der Waals surface area contributed by atoms with Crippen LogP contribution < -0.4 is 5.32 Å². The predicted molar refractivity (Wildman–Crippen MR) is 54.9 cm³/mol. The minimum Gasteiger partial charge on any atom is -0.370 e. The van der Waals surface area contributed by atoms with Gasteiger partial charge in [-0.3, -0.25) is 0 Å². The average molecular weight is 220 g/mol. The van der Waals surface area contributed by atoms with Gasteiger partial charge in [-0.1, -0.05) is 11.6 Å². The van der Waals surface area contributed by atoms with E-state index in [-0.39, 0.29) is 0 Å². The molecule has 0 fully saturated rings. The molecule has 1 aromatic rings. The Morgan fingerprint density at radius 2 is 1.85 bits per heavy atom. The van der Waals surface area contributed by atoms with Gasteiger partial charge < -0.3 is 5.32 Å². The van der Waals surface area contributed by atoms with E-state index in [0.29, 0.717) is 5.02 Å². The number of nitrogens with one attached hydrogen (secondary N) is 1. The fourth-order valence-electron chi connectivity index (χ4n) is 0.840. The van der Waals surface area contributed by atoms with Gasteiger partial charge in [0.2, 0.25) is 0 Å². The van der Waals surface area contributed by atoms with Gasteiger partial charge in [0.15, 0.2) is 10.7 Å². The zero-order chi connectivity index (χ0) is 9.84. The van der Waals surface area contributed by atoms with Crippen LogP contribution in [0.1, 0.15) is 6.92 Å². The molecule has 1 unspecified atom stereocenters. The maximum Gasteiger partial charge on any atom is 0.160 e. The summed E-state index contributed by atoms with van der Waals surface area (Å²) in [4.78, 5) is 0. The fourth-order valence-corrected chi connectivity index (χ4v) is 1.22. The van der Waals surface area contributed by atoms with Crippen LogP contribution in [0, 0.1) is 0 Å². The smallest absolute Gasteiger partial charge is 0.160 e. The van der Waals surface area contributed by atoms with E-state index in [9.17, 15) is 8.42 Å². The predicted octanol–water partition coefficient (Wildman–Crippen LogP) is 1.71. The number of hydrogen-bond donors (Lipinski definition) is 2. The van der Waals surface area contributed by atoms with Crippen LogP contribution in [0.5, 0.6) is 0 Å². The summed E-state index contributed by atoms with van der Waals surface area (Å²) < 4.78 is 21.0. The first kappa shape index (κ1) is 10.3. The molecule has 0 radical (unpaired) electrons. The number of rotatable bonds is 3. The quantitative estimate of drug-likeness (QED) is 0.761. The van der Waals surface area contributed by atoms with Crippen LogP contribution in [0.15, 0.2) is 24.3 Å². The average Bonchev–Trinajstić information content (AvgIpc) is 2.08. The second-order valence-corrected chi connectivity index (χ2v) is 4.39. The van der Waals surface area contributed by atoms with Crippen molar-refractivity contribution in [3.63, 3.8) is 0 Å². The molecule has 0 aliphatic heterocycles. The Kier molecular flexibility index (Phi) is 3.57. The first-order valence-corrected chi connectivity index (χ1v) is 5.37. The van der Waals surface area contributed by atoms with Crippen LogP contribution in [-0.2, 0) is 10.7 Å². The van der Waals surface area contributed by atoms with Gasteiger partial charge in [0.05, 0.1) is 0 Å². The van der Waals surface area contributed by atoms with Gasteiger partial charge in [-0.05, 0) is 31.2 Å². The molecular weight excluding hydrogens is 210 g/mol. The highest BCUT2D eigenvalue weighted by atomic mass is 35.5. The molecule has 1 atom stereocenters. The molecule has 0 aromatic heterocycles. The van der Waals surface area contributed by atoms with E-state index in [1.165, 1.54) is 0 Å². The van der Waals surface area contributed by atoms with E-state index in [2.05, 4.69) is 5.32 Å². The van der Waals surface area contributed by atoms with E-state index in [4.69, 9.17) is 11.6 Å². The van der Waals surface area contributed by atoms with E-state index < -0.39 is 16.1 Å². The van der Waals surface area contributed by atoms with Crippen LogP contribution >= 0.6 is 11.6 Å². The molecule has 1 N–H and O–H groups in total. The summed E-state index contributed by atoms with van der Waals surface area (Å²) in [7, 11) is -2.44. The van der Waals surface area contributed by atoms with Crippen molar-refractivity contribution in [1.29, 1.82) is 0 Å². The lowest BCUT2D eigenvalue weighted by molar-refractivity contribution is 0.608. The molecule has 1 aromatic carbocycles. The monoisotopic (exact) mass is 219 g/mol. The summed E-state index contributed by atoms with van der Waals surface area (Å²) in [6.07, 6.45) is 0. The normalized spacial score (nSPS) is 12.8. The van der Waals surface area contributed by atoms with Crippen LogP contribution in [0.4, 0.5) is 5.69 Å². The van der Waals surface area contributed by atoms with Gasteiger partial charge in [0, 0.05) is 10.7 Å². The molecule has 0 saturated heterocycles. The molecular formula is C8H10ClNO2S. The number of hydrogen-bond acceptors (Lipinski definition) is 3. The first-order valence-electron chi connectivity index (χ1n) is 3.75. The van der Waals surface area contributed by atoms with Gasteiger partial charge >= 0.3 is 0 Å². The third kappa shape index (κ3) is 3.24. The molecule has 0 amide bonds. The largest absolute Gasteiger partial charge is 0.370 e. The Bertz CT molecular complexity index is 340. The fraction of sp³-hybridized carbons (Fsp3) is 0.250. The molecule has 0 spiro atoms. The Hall–Kier alpha value is -0.740. The van der Waals surface area contributed by atoms with Crippen molar-refractivity contribution in [3.05, 3.63) is 29.3 Å². The zero-order valence-corrected chi connectivity index (χ0v) is 8.68. The molecule has 13 heavy (non-hydrogen) atoms. The summed E-state index contributed by atoms with van der Waals surface area (Å²) >= 11 is 5.66. The highest BCUT2D eigenvalue weighted by molar-refractivity contribution is 7.73. The summed E-state index contributed by atoms with van der Waals surface area (Å²) in [5, 5.41) is 2.88. The maximum atomic E-state index is 10.5. The highest BCUT2D eigenvalue weighted by Crippen LogP contribution is 2.14. The van der Waals surface area contributed by atoms with Crippen molar-refractivity contribution < 1.29 is 8.42 Å². The second kappa shape index (κ2) is 4.48. The van der Waals surface area contributed by atoms with Crippen LogP contribution in [0.2, 0.25) is 5.02 Å². The standard InChI is InChI=1S/C8H10ClNO2S/c1-6(13(11)12)10-8-4-2-7(9)3-5-8/h2-6,10,13H,1H3. The lowest BCUT2D eigenvalue weighted by Crippen LogP contribution is -2.16. The minimum absolute atomic E-state index is 0.559. The van der Waals surface area contributed by atoms with Crippen LogP contribution in [-0.4, -0.2) is 13.8 Å². The van der Waals surface area contributed by atoms with E-state index in [1.54, 1.807) is 31.2 Å². The molecule has 3 nitrogen and oxygen atoms in total. The summed E-state index contributed by atoms with van der Waals surface area (Å²) in [6, 6.07) is 6.87. The molecule has 0 heterocycles. The third-order valence-electron chi connectivity index (χ3n) is 1.54. The van der Waals surface area contributed by atoms with Gasteiger partial charge in [-0.25, -0.2) is 8.42 Å². The number of benzene rings is 1. The van der Waals surface area contributed by atoms with E-state index in [1.807, 2.05) is 0 Å². The second-order valence-electron chi connectivity index (χ2n) is 2.61. The SMILES string of the molecule is CC(Nc1ccc(Cl)cc1)[SH](=O)=O. The molecule has 0 bridgehead atoms. The van der Waals surface area contributed by atoms with E-state index >= 15 is 0 Å². The highest BCUT2D eigenvalue weighted by Gasteiger charge is 2.02. The van der Waals surface area contributed by atoms with Gasteiger partial charge in [-0.2, -0.15) is 0 Å². The maximum absolute atomic E-state index is 10.5. The lowest BCUT2D eigenvalue weighted by Gasteiger charge is -2.08. The Labute approximate surface area is 83.7 Å². The van der Waals surface area contributed by atoms with Crippen LogP contribution in [0.3, 0.4) is 0 Å². The van der Waals surface area contributed by atoms with Crippen molar-refractivity contribution in [3.8, 4) is 0 Å². The van der Waals surface area contributed by atoms with Gasteiger partial charge in [-0.15, -0.1) is 0 Å². The third-order valence-corrected chi connectivity index (χ3v) is 2.55. The van der Waals surface area contributed by atoms with Gasteiger partial charge in [0.1, 0.15) is 5.37 Å². The van der Waals surface area contributed by atoms with Crippen LogP contribution in [0.25, 0.3) is 0 Å². The summed E-state index contributed by atoms with van der Waals surface area (Å²) in [5.74, 6) is 0. The number of halogens is 1. The lowest BCUT2D eigenvalue weighted by atomic mass is 10.3. The Balaban J connectivity index is 2.69. The first-order chi connectivity index (χ1) is 6.09. The van der Waals surface area contributed by atoms with Crippen molar-refractivity contribution in [1.82, 2.24) is 0 Å². The topological polar surface area (TPSA) is 46.2 Å². The number of anilines is 1. The molecule has 1 rings (SSSR count). The summed E-state index contributed by atoms with van der Waals surface area (Å²) in [5.41, 5.74) is 0.746.